The van der Waals surface area contributed by atoms with Crippen LogP contribution in [0.4, 0.5) is 13.2 Å². The fourth-order valence-corrected chi connectivity index (χ4v) is 5.10. The summed E-state index contributed by atoms with van der Waals surface area (Å²) >= 11 is 0. The van der Waals surface area contributed by atoms with Gasteiger partial charge in [0.2, 0.25) is 0 Å². The van der Waals surface area contributed by atoms with E-state index in [0.29, 0.717) is 42.4 Å². The molecular formula is C30H33F3O2. The molecule has 1 aliphatic rings. The van der Waals surface area contributed by atoms with Gasteiger partial charge in [-0.05, 0) is 97.7 Å². The van der Waals surface area contributed by atoms with Gasteiger partial charge < -0.3 is 9.47 Å². The number of aryl methyl sites for hydroxylation is 1. The molecule has 1 saturated carbocycles. The summed E-state index contributed by atoms with van der Waals surface area (Å²) in [7, 11) is 1.57. The van der Waals surface area contributed by atoms with Crippen molar-refractivity contribution in [1.82, 2.24) is 0 Å². The molecule has 3 aromatic carbocycles. The molecule has 2 nitrogen and oxygen atoms in total. The number of benzene rings is 3. The summed E-state index contributed by atoms with van der Waals surface area (Å²) < 4.78 is 54.9. The Morgan fingerprint density at radius 1 is 0.857 bits per heavy atom. The smallest absolute Gasteiger partial charge is 0.166 e. The van der Waals surface area contributed by atoms with Crippen LogP contribution in [0.2, 0.25) is 0 Å². The third-order valence-corrected chi connectivity index (χ3v) is 7.21. The Labute approximate surface area is 206 Å². The molecule has 5 heteroatoms. The van der Waals surface area contributed by atoms with Crippen molar-refractivity contribution in [2.45, 2.75) is 58.0 Å². The minimum atomic E-state index is -0.793. The fraction of sp³-hybridized carbons (Fsp3) is 0.400. The standard InChI is InChI=1S/C30H33F3O2/c1-3-35-19-21-7-11-24(28(31)18-21)10-6-20-4-8-22(9-5-20)26-16-17-27(30(33)29(26)32)23-12-14-25(34-2)15-13-23/h7,11-18,20,22H,3-6,8-10,19H2,1-2H3. The maximum atomic E-state index is 15.0. The molecule has 0 saturated heterocycles. The molecule has 0 aromatic heterocycles. The third kappa shape index (κ3) is 6.07. The van der Waals surface area contributed by atoms with Crippen LogP contribution in [-0.2, 0) is 17.8 Å². The summed E-state index contributed by atoms with van der Waals surface area (Å²) in [6.07, 6.45) is 5.11. The van der Waals surface area contributed by atoms with Gasteiger partial charge in [-0.15, -0.1) is 0 Å². The second kappa shape index (κ2) is 11.8. The summed E-state index contributed by atoms with van der Waals surface area (Å²) in [4.78, 5) is 0. The van der Waals surface area contributed by atoms with Crippen molar-refractivity contribution in [3.63, 3.8) is 0 Å². The normalized spacial score (nSPS) is 18.0. The van der Waals surface area contributed by atoms with Crippen molar-refractivity contribution < 1.29 is 22.6 Å². The van der Waals surface area contributed by atoms with Crippen molar-refractivity contribution in [1.29, 1.82) is 0 Å². The highest BCUT2D eigenvalue weighted by Gasteiger charge is 2.26. The van der Waals surface area contributed by atoms with E-state index in [2.05, 4.69) is 0 Å². The van der Waals surface area contributed by atoms with Gasteiger partial charge in [-0.2, -0.15) is 0 Å². The van der Waals surface area contributed by atoms with Crippen LogP contribution in [0, 0.1) is 23.4 Å². The molecule has 1 fully saturated rings. The molecule has 0 atom stereocenters. The van der Waals surface area contributed by atoms with Crippen molar-refractivity contribution in [2.75, 3.05) is 13.7 Å². The zero-order chi connectivity index (χ0) is 24.8. The number of methoxy groups -OCH3 is 1. The average molecular weight is 483 g/mol. The minimum Gasteiger partial charge on any atom is -0.497 e. The number of halogens is 3. The summed E-state index contributed by atoms with van der Waals surface area (Å²) in [5, 5.41) is 0. The van der Waals surface area contributed by atoms with Gasteiger partial charge in [0, 0.05) is 12.2 Å². The Morgan fingerprint density at radius 3 is 2.26 bits per heavy atom. The van der Waals surface area contributed by atoms with E-state index in [4.69, 9.17) is 9.47 Å². The lowest BCUT2D eigenvalue weighted by Gasteiger charge is -2.29. The van der Waals surface area contributed by atoms with Gasteiger partial charge in [0.15, 0.2) is 11.6 Å². The predicted molar refractivity (Wildman–Crippen MR) is 133 cm³/mol. The zero-order valence-corrected chi connectivity index (χ0v) is 20.5. The van der Waals surface area contributed by atoms with E-state index in [-0.39, 0.29) is 17.3 Å². The number of hydrogen-bond acceptors (Lipinski definition) is 2. The highest BCUT2D eigenvalue weighted by Crippen LogP contribution is 2.40. The minimum absolute atomic E-state index is 0.0141. The SMILES string of the molecule is CCOCc1ccc(CCC2CCC(c3ccc(-c4ccc(OC)cc4)c(F)c3F)CC2)c(F)c1. The molecule has 0 spiro atoms. The zero-order valence-electron chi connectivity index (χ0n) is 20.5. The molecule has 0 aliphatic heterocycles. The van der Waals surface area contributed by atoms with Crippen LogP contribution >= 0.6 is 0 Å². The Morgan fingerprint density at radius 2 is 1.60 bits per heavy atom. The second-order valence-electron chi connectivity index (χ2n) is 9.38. The molecule has 0 amide bonds. The Balaban J connectivity index is 1.34. The van der Waals surface area contributed by atoms with Crippen LogP contribution in [0.25, 0.3) is 11.1 Å². The largest absolute Gasteiger partial charge is 0.497 e. The summed E-state index contributed by atoms with van der Waals surface area (Å²) in [5.74, 6) is -0.552. The van der Waals surface area contributed by atoms with E-state index in [1.165, 1.54) is 0 Å². The third-order valence-electron chi connectivity index (χ3n) is 7.21. The lowest BCUT2D eigenvalue weighted by Crippen LogP contribution is -2.16. The monoisotopic (exact) mass is 482 g/mol. The first-order valence-electron chi connectivity index (χ1n) is 12.5. The first kappa shape index (κ1) is 25.3. The van der Waals surface area contributed by atoms with Gasteiger partial charge in [-0.3, -0.25) is 0 Å². The van der Waals surface area contributed by atoms with Crippen LogP contribution in [0.5, 0.6) is 5.75 Å². The van der Waals surface area contributed by atoms with E-state index in [1.54, 1.807) is 49.6 Å². The van der Waals surface area contributed by atoms with Gasteiger partial charge in [-0.1, -0.05) is 36.4 Å². The topological polar surface area (TPSA) is 18.5 Å². The van der Waals surface area contributed by atoms with E-state index < -0.39 is 11.6 Å². The van der Waals surface area contributed by atoms with Crippen molar-refractivity contribution >= 4 is 0 Å². The molecule has 0 radical (unpaired) electrons. The first-order chi connectivity index (χ1) is 17.0. The lowest BCUT2D eigenvalue weighted by molar-refractivity contribution is 0.134. The molecule has 186 valence electrons. The highest BCUT2D eigenvalue weighted by molar-refractivity contribution is 5.65. The molecule has 0 heterocycles. The van der Waals surface area contributed by atoms with Crippen molar-refractivity contribution in [3.05, 3.63) is 88.7 Å². The van der Waals surface area contributed by atoms with Crippen LogP contribution in [0.3, 0.4) is 0 Å². The number of ether oxygens (including phenoxy) is 2. The second-order valence-corrected chi connectivity index (χ2v) is 9.38. The van der Waals surface area contributed by atoms with E-state index >= 15 is 4.39 Å². The summed E-state index contributed by atoms with van der Waals surface area (Å²) in [5.41, 5.74) is 2.93. The van der Waals surface area contributed by atoms with E-state index in [0.717, 1.165) is 43.2 Å². The Kier molecular flexibility index (Phi) is 8.50. The van der Waals surface area contributed by atoms with Crippen molar-refractivity contribution in [2.24, 2.45) is 5.92 Å². The summed E-state index contributed by atoms with van der Waals surface area (Å²) in [6, 6.07) is 15.7. The van der Waals surface area contributed by atoms with Gasteiger partial charge in [0.25, 0.3) is 0 Å². The van der Waals surface area contributed by atoms with Crippen LogP contribution < -0.4 is 4.74 Å². The van der Waals surface area contributed by atoms with Crippen LogP contribution in [0.15, 0.2) is 54.6 Å². The van der Waals surface area contributed by atoms with Crippen LogP contribution in [-0.4, -0.2) is 13.7 Å². The maximum Gasteiger partial charge on any atom is 0.166 e. The molecular weight excluding hydrogens is 449 g/mol. The molecule has 0 unspecified atom stereocenters. The van der Waals surface area contributed by atoms with Crippen molar-refractivity contribution in [3.8, 4) is 16.9 Å². The first-order valence-corrected chi connectivity index (χ1v) is 12.5. The Hall–Kier alpha value is -2.79. The summed E-state index contributed by atoms with van der Waals surface area (Å²) in [6.45, 7) is 2.95. The molecule has 1 aliphatic carbocycles. The molecule has 4 rings (SSSR count). The molecule has 3 aromatic rings. The van der Waals surface area contributed by atoms with E-state index in [1.807, 2.05) is 19.1 Å². The van der Waals surface area contributed by atoms with Gasteiger partial charge in [0.1, 0.15) is 11.6 Å². The van der Waals surface area contributed by atoms with Gasteiger partial charge >= 0.3 is 0 Å². The fourth-order valence-electron chi connectivity index (χ4n) is 5.10. The van der Waals surface area contributed by atoms with Crippen LogP contribution in [0.1, 0.15) is 61.6 Å². The number of rotatable bonds is 9. The lowest BCUT2D eigenvalue weighted by atomic mass is 9.76. The molecule has 0 bridgehead atoms. The molecule has 0 N–H and O–H groups in total. The highest BCUT2D eigenvalue weighted by atomic mass is 19.2. The van der Waals surface area contributed by atoms with Gasteiger partial charge in [-0.25, -0.2) is 13.2 Å². The predicted octanol–water partition coefficient (Wildman–Crippen LogP) is 8.22. The maximum absolute atomic E-state index is 15.0. The quantitative estimate of drug-likeness (QED) is 0.306. The molecule has 35 heavy (non-hydrogen) atoms. The van der Waals surface area contributed by atoms with Gasteiger partial charge in [0.05, 0.1) is 13.7 Å². The average Bonchev–Trinajstić information content (AvgIpc) is 2.89. The van der Waals surface area contributed by atoms with E-state index in [9.17, 15) is 8.78 Å². The number of hydrogen-bond donors (Lipinski definition) is 0. The Bertz CT molecular complexity index is 1120.